The normalized spacial score (nSPS) is 21.3. The number of carbonyl (C=O) groups excluding carboxylic acids is 1. The van der Waals surface area contributed by atoms with E-state index in [1.54, 1.807) is 20.0 Å². The smallest absolute Gasteiger partial charge is 0.341 e. The molecular weight excluding hydrogens is 314 g/mol. The Bertz CT molecular complexity index is 577. The molecule has 6 nitrogen and oxygen atoms in total. The van der Waals surface area contributed by atoms with Gasteiger partial charge >= 0.3 is 5.97 Å². The molecule has 1 aliphatic heterocycles. The van der Waals surface area contributed by atoms with Crippen molar-refractivity contribution in [2.75, 3.05) is 26.5 Å². The van der Waals surface area contributed by atoms with Gasteiger partial charge in [-0.25, -0.2) is 4.79 Å². The molecule has 1 saturated heterocycles. The molecule has 7 heteroatoms. The highest BCUT2D eigenvalue weighted by molar-refractivity contribution is 8.00. The molecule has 1 aliphatic rings. The van der Waals surface area contributed by atoms with Crippen molar-refractivity contribution in [2.24, 2.45) is 4.99 Å². The van der Waals surface area contributed by atoms with Gasteiger partial charge in [0.15, 0.2) is 5.96 Å². The third kappa shape index (κ3) is 4.67. The summed E-state index contributed by atoms with van der Waals surface area (Å²) < 4.78 is 10.6. The lowest BCUT2D eigenvalue weighted by Crippen LogP contribution is -2.43. The van der Waals surface area contributed by atoms with Crippen LogP contribution in [0, 0.1) is 6.92 Å². The molecule has 2 rings (SSSR count). The van der Waals surface area contributed by atoms with Crippen molar-refractivity contribution in [1.82, 2.24) is 10.6 Å². The molecule has 2 N–H and O–H groups in total. The molecule has 1 aromatic heterocycles. The van der Waals surface area contributed by atoms with E-state index in [1.165, 1.54) is 25.7 Å². The van der Waals surface area contributed by atoms with E-state index in [-0.39, 0.29) is 10.7 Å². The second kappa shape index (κ2) is 7.77. The standard InChI is InChI=1S/C16H25N3O3S/c1-11-13(14(20)21-4)8-12(22-11)9-18-15(17-3)19-10-16(2)6-5-7-23-16/h8H,5-7,9-10H2,1-4H3,(H2,17,18,19). The third-order valence-electron chi connectivity index (χ3n) is 3.96. The molecule has 0 aliphatic carbocycles. The number of hydrogen-bond acceptors (Lipinski definition) is 5. The van der Waals surface area contributed by atoms with Crippen molar-refractivity contribution >= 4 is 23.7 Å². The molecular formula is C16H25N3O3S. The zero-order valence-corrected chi connectivity index (χ0v) is 15.0. The minimum Gasteiger partial charge on any atom is -0.465 e. The van der Waals surface area contributed by atoms with Crippen LogP contribution in [0.4, 0.5) is 0 Å². The number of rotatable bonds is 5. The van der Waals surface area contributed by atoms with Crippen LogP contribution in [0.5, 0.6) is 0 Å². The van der Waals surface area contributed by atoms with Crippen LogP contribution in [0.25, 0.3) is 0 Å². The number of furan rings is 1. The number of thioether (sulfide) groups is 1. The lowest BCUT2D eigenvalue weighted by atomic mass is 10.1. The Hall–Kier alpha value is -1.63. The topological polar surface area (TPSA) is 75.9 Å². The van der Waals surface area contributed by atoms with Gasteiger partial charge in [-0.2, -0.15) is 11.8 Å². The fourth-order valence-electron chi connectivity index (χ4n) is 2.58. The quantitative estimate of drug-likeness (QED) is 0.487. The highest BCUT2D eigenvalue weighted by Crippen LogP contribution is 2.36. The Morgan fingerprint density at radius 3 is 2.91 bits per heavy atom. The molecule has 2 heterocycles. The second-order valence-corrected chi connectivity index (χ2v) is 7.54. The highest BCUT2D eigenvalue weighted by Gasteiger charge is 2.29. The van der Waals surface area contributed by atoms with Crippen LogP contribution >= 0.6 is 11.8 Å². The maximum Gasteiger partial charge on any atom is 0.341 e. The van der Waals surface area contributed by atoms with E-state index in [2.05, 4.69) is 22.5 Å². The summed E-state index contributed by atoms with van der Waals surface area (Å²) in [5.74, 6) is 2.81. The van der Waals surface area contributed by atoms with Crippen molar-refractivity contribution in [3.05, 3.63) is 23.2 Å². The van der Waals surface area contributed by atoms with E-state index >= 15 is 0 Å². The largest absolute Gasteiger partial charge is 0.465 e. The molecule has 128 valence electrons. The molecule has 0 aromatic carbocycles. The maximum absolute atomic E-state index is 11.6. The van der Waals surface area contributed by atoms with E-state index in [4.69, 9.17) is 9.15 Å². The summed E-state index contributed by atoms with van der Waals surface area (Å²) in [6.07, 6.45) is 2.50. The van der Waals surface area contributed by atoms with Crippen molar-refractivity contribution in [3.8, 4) is 0 Å². The summed E-state index contributed by atoms with van der Waals surface area (Å²) in [7, 11) is 3.10. The van der Waals surface area contributed by atoms with Gasteiger partial charge in [0.2, 0.25) is 0 Å². The van der Waals surface area contributed by atoms with E-state index in [9.17, 15) is 4.79 Å². The van der Waals surface area contributed by atoms with Crippen molar-refractivity contribution < 1.29 is 13.9 Å². The molecule has 23 heavy (non-hydrogen) atoms. The number of ether oxygens (including phenoxy) is 1. The summed E-state index contributed by atoms with van der Waals surface area (Å²) >= 11 is 2.01. The van der Waals surface area contributed by atoms with Gasteiger partial charge in [0.1, 0.15) is 17.1 Å². The second-order valence-electron chi connectivity index (χ2n) is 5.86. The van der Waals surface area contributed by atoms with Gasteiger partial charge in [0, 0.05) is 18.3 Å². The number of methoxy groups -OCH3 is 1. The molecule has 0 bridgehead atoms. The van der Waals surface area contributed by atoms with Crippen LogP contribution in [0.3, 0.4) is 0 Å². The highest BCUT2D eigenvalue weighted by atomic mass is 32.2. The maximum atomic E-state index is 11.6. The fourth-order valence-corrected chi connectivity index (χ4v) is 3.83. The molecule has 1 fully saturated rings. The number of aliphatic imine (C=N–C) groups is 1. The van der Waals surface area contributed by atoms with E-state index < -0.39 is 0 Å². The fraction of sp³-hybridized carbons (Fsp3) is 0.625. The minimum absolute atomic E-state index is 0.275. The number of nitrogens with zero attached hydrogens (tertiary/aromatic N) is 1. The van der Waals surface area contributed by atoms with Crippen LogP contribution in [0.15, 0.2) is 15.5 Å². The Kier molecular flexibility index (Phi) is 5.98. The number of esters is 1. The van der Waals surface area contributed by atoms with Crippen molar-refractivity contribution in [3.63, 3.8) is 0 Å². The van der Waals surface area contributed by atoms with Gasteiger partial charge < -0.3 is 19.8 Å². The van der Waals surface area contributed by atoms with Gasteiger partial charge in [-0.3, -0.25) is 4.99 Å². The van der Waals surface area contributed by atoms with Gasteiger partial charge in [0.05, 0.1) is 13.7 Å². The zero-order chi connectivity index (χ0) is 16.9. The number of hydrogen-bond donors (Lipinski definition) is 2. The monoisotopic (exact) mass is 339 g/mol. The van der Waals surface area contributed by atoms with Crippen molar-refractivity contribution in [1.29, 1.82) is 0 Å². The van der Waals surface area contributed by atoms with E-state index in [0.717, 1.165) is 12.5 Å². The Balaban J connectivity index is 1.87. The Morgan fingerprint density at radius 2 is 2.30 bits per heavy atom. The molecule has 0 radical (unpaired) electrons. The third-order valence-corrected chi connectivity index (χ3v) is 5.50. The average molecular weight is 339 g/mol. The van der Waals surface area contributed by atoms with Crippen LogP contribution in [0.2, 0.25) is 0 Å². The summed E-state index contributed by atoms with van der Waals surface area (Å²) in [5.41, 5.74) is 0.460. The molecule has 0 spiro atoms. The van der Waals surface area contributed by atoms with Gasteiger partial charge in [0.25, 0.3) is 0 Å². The predicted octanol–water partition coefficient (Wildman–Crippen LogP) is 2.33. The van der Waals surface area contributed by atoms with Crippen molar-refractivity contribution in [2.45, 2.75) is 38.0 Å². The summed E-state index contributed by atoms with van der Waals surface area (Å²) in [5, 5.41) is 6.57. The first-order valence-electron chi connectivity index (χ1n) is 7.73. The SMILES string of the molecule is CN=C(NCc1cc(C(=O)OC)c(C)o1)NCC1(C)CCCS1. The summed E-state index contributed by atoms with van der Waals surface area (Å²) in [4.78, 5) is 15.8. The zero-order valence-electron chi connectivity index (χ0n) is 14.2. The van der Waals surface area contributed by atoms with Gasteiger partial charge in [-0.05, 0) is 38.5 Å². The molecule has 1 atom stereocenters. The molecule has 1 unspecified atom stereocenters. The molecule has 0 amide bonds. The van der Waals surface area contributed by atoms with Gasteiger partial charge in [-0.15, -0.1) is 0 Å². The average Bonchev–Trinajstić information content (AvgIpc) is 3.13. The first kappa shape index (κ1) is 17.7. The van der Waals surface area contributed by atoms with Gasteiger partial charge in [-0.1, -0.05) is 0 Å². The molecule has 0 saturated carbocycles. The van der Waals surface area contributed by atoms with E-state index in [1.807, 2.05) is 11.8 Å². The number of nitrogens with one attached hydrogen (secondary N) is 2. The first-order valence-corrected chi connectivity index (χ1v) is 8.72. The lowest BCUT2D eigenvalue weighted by molar-refractivity contribution is 0.0599. The lowest BCUT2D eigenvalue weighted by Gasteiger charge is -2.24. The molecule has 1 aromatic rings. The first-order chi connectivity index (χ1) is 11.0. The van der Waals surface area contributed by atoms with E-state index in [0.29, 0.717) is 23.6 Å². The summed E-state index contributed by atoms with van der Waals surface area (Å²) in [6, 6.07) is 1.70. The van der Waals surface area contributed by atoms with Crippen LogP contribution in [0.1, 0.15) is 41.6 Å². The van der Waals surface area contributed by atoms with Crippen LogP contribution in [-0.2, 0) is 11.3 Å². The number of carbonyl (C=O) groups is 1. The minimum atomic E-state index is -0.383. The number of guanidine groups is 1. The predicted molar refractivity (Wildman–Crippen MR) is 93.1 cm³/mol. The van der Waals surface area contributed by atoms with Crippen LogP contribution in [-0.4, -0.2) is 43.1 Å². The number of aryl methyl sites for hydroxylation is 1. The van der Waals surface area contributed by atoms with Crippen LogP contribution < -0.4 is 10.6 Å². The Labute approximate surface area is 141 Å². The summed E-state index contributed by atoms with van der Waals surface area (Å²) in [6.45, 7) is 5.37. The Morgan fingerprint density at radius 1 is 1.52 bits per heavy atom.